The predicted octanol–water partition coefficient (Wildman–Crippen LogP) is 2.10. The summed E-state index contributed by atoms with van der Waals surface area (Å²) in [5.41, 5.74) is 7.35. The Morgan fingerprint density at radius 2 is 1.89 bits per heavy atom. The first-order valence-corrected chi connectivity index (χ1v) is 7.45. The molecule has 1 aliphatic rings. The van der Waals surface area contributed by atoms with E-state index in [1.54, 1.807) is 0 Å². The van der Waals surface area contributed by atoms with Crippen LogP contribution in [0.4, 0.5) is 0 Å². The summed E-state index contributed by atoms with van der Waals surface area (Å²) >= 11 is 0. The minimum Gasteiger partial charge on any atom is -0.329 e. The lowest BCUT2D eigenvalue weighted by molar-refractivity contribution is 0.101. The maximum absolute atomic E-state index is 6.01. The molecule has 2 rings (SSSR count). The molecule has 0 aliphatic carbocycles. The van der Waals surface area contributed by atoms with E-state index in [1.165, 1.54) is 38.0 Å². The summed E-state index contributed by atoms with van der Waals surface area (Å²) in [6, 6.07) is 11.7. The minimum atomic E-state index is 0.347. The SMILES string of the molecule is CCN1CCC(N(C)C(CN)c2ccccc2)CC1. The van der Waals surface area contributed by atoms with Gasteiger partial charge in [0.05, 0.1) is 0 Å². The van der Waals surface area contributed by atoms with Gasteiger partial charge in [-0.15, -0.1) is 0 Å². The fraction of sp³-hybridized carbons (Fsp3) is 0.625. The third-order valence-electron chi connectivity index (χ3n) is 4.48. The number of hydrogen-bond donors (Lipinski definition) is 1. The summed E-state index contributed by atoms with van der Waals surface area (Å²) in [5, 5.41) is 0. The molecule has 0 aromatic heterocycles. The first kappa shape index (κ1) is 14.5. The Bertz CT molecular complexity index is 358. The Kier molecular flexibility index (Phi) is 5.37. The molecule has 0 saturated carbocycles. The molecule has 1 heterocycles. The smallest absolute Gasteiger partial charge is 0.0470 e. The van der Waals surface area contributed by atoms with E-state index in [0.29, 0.717) is 18.6 Å². The maximum atomic E-state index is 6.01. The van der Waals surface area contributed by atoms with Gasteiger partial charge in [0.2, 0.25) is 0 Å². The Morgan fingerprint density at radius 1 is 1.26 bits per heavy atom. The summed E-state index contributed by atoms with van der Waals surface area (Å²) in [4.78, 5) is 5.02. The van der Waals surface area contributed by atoms with Crippen molar-refractivity contribution in [3.05, 3.63) is 35.9 Å². The third kappa shape index (κ3) is 3.56. The van der Waals surface area contributed by atoms with Crippen molar-refractivity contribution < 1.29 is 0 Å². The van der Waals surface area contributed by atoms with Gasteiger partial charge < -0.3 is 10.6 Å². The van der Waals surface area contributed by atoms with Gasteiger partial charge in [-0.3, -0.25) is 4.90 Å². The van der Waals surface area contributed by atoms with Gasteiger partial charge in [-0.05, 0) is 45.1 Å². The monoisotopic (exact) mass is 261 g/mol. The fourth-order valence-electron chi connectivity index (χ4n) is 3.11. The van der Waals surface area contributed by atoms with Crippen molar-refractivity contribution >= 4 is 0 Å². The molecule has 0 amide bonds. The van der Waals surface area contributed by atoms with Crippen LogP contribution >= 0.6 is 0 Å². The van der Waals surface area contributed by atoms with Gasteiger partial charge in [-0.2, -0.15) is 0 Å². The molecule has 3 heteroatoms. The first-order valence-electron chi connectivity index (χ1n) is 7.45. The van der Waals surface area contributed by atoms with E-state index in [-0.39, 0.29) is 0 Å². The average molecular weight is 261 g/mol. The van der Waals surface area contributed by atoms with E-state index >= 15 is 0 Å². The molecule has 3 nitrogen and oxygen atoms in total. The van der Waals surface area contributed by atoms with Gasteiger partial charge >= 0.3 is 0 Å². The molecular formula is C16H27N3. The van der Waals surface area contributed by atoms with Crippen LogP contribution in [0.3, 0.4) is 0 Å². The molecule has 1 aliphatic heterocycles. The highest BCUT2D eigenvalue weighted by atomic mass is 15.2. The number of hydrogen-bond acceptors (Lipinski definition) is 3. The van der Waals surface area contributed by atoms with Crippen LogP contribution in [-0.2, 0) is 0 Å². The van der Waals surface area contributed by atoms with Gasteiger partial charge in [-0.25, -0.2) is 0 Å². The fourth-order valence-corrected chi connectivity index (χ4v) is 3.11. The van der Waals surface area contributed by atoms with Gasteiger partial charge in [-0.1, -0.05) is 37.3 Å². The lowest BCUT2D eigenvalue weighted by Gasteiger charge is -2.40. The number of likely N-dealkylation sites (N-methyl/N-ethyl adjacent to an activating group) is 1. The van der Waals surface area contributed by atoms with E-state index in [2.05, 4.69) is 54.1 Å². The lowest BCUT2D eigenvalue weighted by Crippen LogP contribution is -2.45. The van der Waals surface area contributed by atoms with Crippen LogP contribution in [0.15, 0.2) is 30.3 Å². The van der Waals surface area contributed by atoms with E-state index in [1.807, 2.05) is 0 Å². The molecule has 0 spiro atoms. The van der Waals surface area contributed by atoms with Crippen molar-refractivity contribution in [2.75, 3.05) is 33.2 Å². The van der Waals surface area contributed by atoms with Crippen molar-refractivity contribution in [1.82, 2.24) is 9.80 Å². The van der Waals surface area contributed by atoms with Crippen LogP contribution in [0.2, 0.25) is 0 Å². The standard InChI is InChI=1S/C16H27N3/c1-3-19-11-9-15(10-12-19)18(2)16(13-17)14-7-5-4-6-8-14/h4-8,15-16H,3,9-13,17H2,1-2H3. The zero-order valence-electron chi connectivity index (χ0n) is 12.3. The van der Waals surface area contributed by atoms with Crippen LogP contribution in [-0.4, -0.2) is 49.1 Å². The van der Waals surface area contributed by atoms with Crippen molar-refractivity contribution in [3.63, 3.8) is 0 Å². The quantitative estimate of drug-likeness (QED) is 0.881. The highest BCUT2D eigenvalue weighted by Crippen LogP contribution is 2.25. The second-order valence-electron chi connectivity index (χ2n) is 5.49. The molecule has 0 bridgehead atoms. The van der Waals surface area contributed by atoms with Crippen molar-refractivity contribution in [2.24, 2.45) is 5.73 Å². The summed E-state index contributed by atoms with van der Waals surface area (Å²) in [7, 11) is 2.23. The van der Waals surface area contributed by atoms with Gasteiger partial charge in [0.15, 0.2) is 0 Å². The Labute approximate surface area is 117 Å². The summed E-state index contributed by atoms with van der Waals surface area (Å²) in [6.07, 6.45) is 2.52. The molecule has 0 radical (unpaired) electrons. The highest BCUT2D eigenvalue weighted by Gasteiger charge is 2.26. The number of likely N-dealkylation sites (tertiary alicyclic amines) is 1. The number of benzene rings is 1. The van der Waals surface area contributed by atoms with Crippen LogP contribution in [0.25, 0.3) is 0 Å². The largest absolute Gasteiger partial charge is 0.329 e. The zero-order chi connectivity index (χ0) is 13.7. The van der Waals surface area contributed by atoms with E-state index < -0.39 is 0 Å². The van der Waals surface area contributed by atoms with E-state index in [9.17, 15) is 0 Å². The van der Waals surface area contributed by atoms with Crippen LogP contribution in [0.1, 0.15) is 31.4 Å². The van der Waals surface area contributed by atoms with E-state index in [4.69, 9.17) is 5.73 Å². The molecule has 1 unspecified atom stereocenters. The molecule has 1 atom stereocenters. The topological polar surface area (TPSA) is 32.5 Å². The third-order valence-corrected chi connectivity index (χ3v) is 4.48. The molecule has 1 saturated heterocycles. The summed E-state index contributed by atoms with van der Waals surface area (Å²) in [6.45, 7) is 6.55. The van der Waals surface area contributed by atoms with Gasteiger partial charge in [0.1, 0.15) is 0 Å². The molecular weight excluding hydrogens is 234 g/mol. The Morgan fingerprint density at radius 3 is 2.42 bits per heavy atom. The number of piperidine rings is 1. The van der Waals surface area contributed by atoms with Crippen molar-refractivity contribution in [1.29, 1.82) is 0 Å². The lowest BCUT2D eigenvalue weighted by atomic mass is 9.98. The second-order valence-corrected chi connectivity index (χ2v) is 5.49. The van der Waals surface area contributed by atoms with Gasteiger partial charge in [0.25, 0.3) is 0 Å². The molecule has 1 aromatic carbocycles. The molecule has 1 aromatic rings. The van der Waals surface area contributed by atoms with Crippen molar-refractivity contribution in [2.45, 2.75) is 31.8 Å². The predicted molar refractivity (Wildman–Crippen MR) is 81.1 cm³/mol. The zero-order valence-corrected chi connectivity index (χ0v) is 12.3. The summed E-state index contributed by atoms with van der Waals surface area (Å²) in [5.74, 6) is 0. The second kappa shape index (κ2) is 7.04. The molecule has 106 valence electrons. The molecule has 2 N–H and O–H groups in total. The van der Waals surface area contributed by atoms with Crippen molar-refractivity contribution in [3.8, 4) is 0 Å². The first-order chi connectivity index (χ1) is 9.26. The highest BCUT2D eigenvalue weighted by molar-refractivity contribution is 5.19. The van der Waals surface area contributed by atoms with Crippen LogP contribution < -0.4 is 5.73 Å². The molecule has 1 fully saturated rings. The Hall–Kier alpha value is -0.900. The number of rotatable bonds is 5. The van der Waals surface area contributed by atoms with Crippen LogP contribution in [0.5, 0.6) is 0 Å². The van der Waals surface area contributed by atoms with Crippen LogP contribution in [0, 0.1) is 0 Å². The maximum Gasteiger partial charge on any atom is 0.0470 e. The normalized spacial score (nSPS) is 19.8. The molecule has 19 heavy (non-hydrogen) atoms. The average Bonchev–Trinajstić information content (AvgIpc) is 2.49. The minimum absolute atomic E-state index is 0.347. The number of nitrogens with zero attached hydrogens (tertiary/aromatic N) is 2. The van der Waals surface area contributed by atoms with Gasteiger partial charge in [0, 0.05) is 18.6 Å². The van der Waals surface area contributed by atoms with E-state index in [0.717, 1.165) is 0 Å². The Balaban J connectivity index is 1.99. The summed E-state index contributed by atoms with van der Waals surface area (Å²) < 4.78 is 0. The number of nitrogens with two attached hydrogens (primary N) is 1.